The summed E-state index contributed by atoms with van der Waals surface area (Å²) < 4.78 is 21.1. The van der Waals surface area contributed by atoms with E-state index in [1.807, 2.05) is 24.3 Å². The molecule has 3 rings (SSSR count). The first-order valence-corrected chi connectivity index (χ1v) is 9.81. The molecule has 1 aromatic heterocycles. The second-order valence-corrected chi connectivity index (χ2v) is 8.65. The molecule has 0 spiro atoms. The highest BCUT2D eigenvalue weighted by atomic mass is 79.9. The number of carbonyl (C=O) groups is 1. The van der Waals surface area contributed by atoms with E-state index in [1.165, 1.54) is 4.90 Å². The highest BCUT2D eigenvalue weighted by molar-refractivity contribution is 9.10. The molecule has 3 N–H and O–H groups in total. The summed E-state index contributed by atoms with van der Waals surface area (Å²) in [5.41, 5.74) is 7.38. The molecule has 1 aliphatic rings. The van der Waals surface area contributed by atoms with Gasteiger partial charge in [-0.05, 0) is 17.7 Å². The van der Waals surface area contributed by atoms with Gasteiger partial charge in [-0.25, -0.2) is 19.0 Å². The summed E-state index contributed by atoms with van der Waals surface area (Å²) in [6.07, 6.45) is 0.114. The molecular formula is C15H16BrN5O2S. The molecule has 0 fully saturated rings. The first kappa shape index (κ1) is 16.8. The monoisotopic (exact) mass is 409 g/mol. The summed E-state index contributed by atoms with van der Waals surface area (Å²) in [6.45, 7) is 1.97. The van der Waals surface area contributed by atoms with Gasteiger partial charge in [-0.15, -0.1) is 0 Å². The SMILES string of the molecule is CC[S@](=N)(=O)c1nc(N)c2c(n1)N(Cc1ccc(Br)cc1)C(=O)C2. The number of nitrogens with zero attached hydrogens (tertiary/aromatic N) is 3. The van der Waals surface area contributed by atoms with Crippen LogP contribution >= 0.6 is 15.9 Å². The van der Waals surface area contributed by atoms with Gasteiger partial charge in [-0.2, -0.15) is 0 Å². The van der Waals surface area contributed by atoms with Crippen molar-refractivity contribution in [3.05, 3.63) is 39.9 Å². The van der Waals surface area contributed by atoms with Crippen LogP contribution in [-0.2, 0) is 27.5 Å². The fourth-order valence-corrected chi connectivity index (χ4v) is 3.44. The molecule has 1 atom stereocenters. The highest BCUT2D eigenvalue weighted by Crippen LogP contribution is 2.32. The predicted octanol–water partition coefficient (Wildman–Crippen LogP) is 2.34. The summed E-state index contributed by atoms with van der Waals surface area (Å²) in [5.74, 6) is 0.430. The number of hydrogen-bond acceptors (Lipinski definition) is 6. The van der Waals surface area contributed by atoms with Crippen molar-refractivity contribution in [2.45, 2.75) is 25.0 Å². The molecule has 0 bridgehead atoms. The van der Waals surface area contributed by atoms with Crippen LogP contribution in [0.15, 0.2) is 33.9 Å². The van der Waals surface area contributed by atoms with Crippen molar-refractivity contribution in [1.29, 1.82) is 4.78 Å². The van der Waals surface area contributed by atoms with Gasteiger partial charge in [0.25, 0.3) is 0 Å². The standard InChI is InChI=1S/C15H16BrN5O2S/c1-2-24(18,23)15-19-13(17)11-7-12(22)21(14(11)20-15)8-9-3-5-10(16)6-4-9/h3-6,18H,2,7-8H2,1H3,(H2,17,19,20)/t24-/m0/s1. The molecule has 9 heteroatoms. The van der Waals surface area contributed by atoms with Crippen molar-refractivity contribution in [2.75, 3.05) is 16.4 Å². The van der Waals surface area contributed by atoms with Gasteiger partial charge in [-0.1, -0.05) is 35.0 Å². The average Bonchev–Trinajstić information content (AvgIpc) is 2.86. The number of carbonyl (C=O) groups excluding carboxylic acids is 1. The quantitative estimate of drug-likeness (QED) is 0.752. The number of nitrogens with two attached hydrogens (primary N) is 1. The second-order valence-electron chi connectivity index (χ2n) is 5.44. The van der Waals surface area contributed by atoms with E-state index in [9.17, 15) is 9.00 Å². The van der Waals surface area contributed by atoms with Gasteiger partial charge in [0.05, 0.1) is 13.0 Å². The van der Waals surface area contributed by atoms with E-state index in [-0.39, 0.29) is 29.1 Å². The number of amides is 1. The van der Waals surface area contributed by atoms with E-state index >= 15 is 0 Å². The summed E-state index contributed by atoms with van der Waals surface area (Å²) >= 11 is 3.37. The Labute approximate surface area is 148 Å². The smallest absolute Gasteiger partial charge is 0.233 e. The maximum atomic E-state index is 12.4. The first-order chi connectivity index (χ1) is 11.3. The van der Waals surface area contributed by atoms with Gasteiger partial charge < -0.3 is 5.73 Å². The summed E-state index contributed by atoms with van der Waals surface area (Å²) in [4.78, 5) is 22.1. The van der Waals surface area contributed by atoms with Crippen molar-refractivity contribution in [3.8, 4) is 0 Å². The number of fused-ring (bicyclic) bond motifs is 1. The van der Waals surface area contributed by atoms with Crippen molar-refractivity contribution < 1.29 is 9.00 Å². The van der Waals surface area contributed by atoms with Gasteiger partial charge in [0, 0.05) is 15.8 Å². The molecule has 126 valence electrons. The van der Waals surface area contributed by atoms with Gasteiger partial charge >= 0.3 is 0 Å². The van der Waals surface area contributed by atoms with Crippen LogP contribution in [0.2, 0.25) is 0 Å². The van der Waals surface area contributed by atoms with Crippen LogP contribution in [0.1, 0.15) is 18.1 Å². The number of benzene rings is 1. The van der Waals surface area contributed by atoms with Crippen LogP contribution in [-0.4, -0.2) is 25.8 Å². The molecule has 1 aliphatic heterocycles. The van der Waals surface area contributed by atoms with Crippen molar-refractivity contribution in [1.82, 2.24) is 9.97 Å². The maximum absolute atomic E-state index is 12.4. The number of hydrogen-bond donors (Lipinski definition) is 2. The third kappa shape index (κ3) is 3.01. The minimum absolute atomic E-state index is 0.0892. The van der Waals surface area contributed by atoms with Crippen LogP contribution in [0.3, 0.4) is 0 Å². The Balaban J connectivity index is 2.03. The minimum Gasteiger partial charge on any atom is -0.383 e. The number of nitrogens with one attached hydrogen (secondary N) is 1. The lowest BCUT2D eigenvalue weighted by Gasteiger charge is -2.17. The molecule has 2 heterocycles. The second kappa shape index (κ2) is 6.14. The Morgan fingerprint density at radius 3 is 2.62 bits per heavy atom. The Hall–Kier alpha value is -2.00. The first-order valence-electron chi connectivity index (χ1n) is 7.29. The van der Waals surface area contributed by atoms with E-state index < -0.39 is 9.73 Å². The van der Waals surface area contributed by atoms with E-state index in [0.717, 1.165) is 10.0 Å². The number of rotatable bonds is 4. The number of nitrogen functional groups attached to an aromatic ring is 1. The normalized spacial score (nSPS) is 16.1. The molecule has 0 radical (unpaired) electrons. The fourth-order valence-electron chi connectivity index (χ4n) is 2.44. The molecule has 1 amide bonds. The minimum atomic E-state index is -3.11. The van der Waals surface area contributed by atoms with Gasteiger partial charge in [0.1, 0.15) is 21.4 Å². The van der Waals surface area contributed by atoms with Crippen molar-refractivity contribution in [3.63, 3.8) is 0 Å². The third-order valence-electron chi connectivity index (χ3n) is 3.84. The van der Waals surface area contributed by atoms with Crippen LogP contribution in [0.5, 0.6) is 0 Å². The summed E-state index contributed by atoms with van der Waals surface area (Å²) in [6, 6.07) is 7.59. The van der Waals surface area contributed by atoms with E-state index in [0.29, 0.717) is 17.9 Å². The molecule has 7 nitrogen and oxygen atoms in total. The van der Waals surface area contributed by atoms with Crippen LogP contribution < -0.4 is 10.6 Å². The molecule has 0 saturated carbocycles. The zero-order valence-electron chi connectivity index (χ0n) is 13.0. The predicted molar refractivity (Wildman–Crippen MR) is 95.1 cm³/mol. The molecule has 0 saturated heterocycles. The van der Waals surface area contributed by atoms with E-state index in [2.05, 4.69) is 25.9 Å². The van der Waals surface area contributed by atoms with Gasteiger partial charge in [-0.3, -0.25) is 9.69 Å². The third-order valence-corrected chi connectivity index (χ3v) is 5.95. The topological polar surface area (TPSA) is 113 Å². The van der Waals surface area contributed by atoms with E-state index in [1.54, 1.807) is 6.92 Å². The fraction of sp³-hybridized carbons (Fsp3) is 0.267. The molecule has 24 heavy (non-hydrogen) atoms. The Bertz CT molecular complexity index is 912. The molecule has 0 aliphatic carbocycles. The molecule has 1 aromatic carbocycles. The van der Waals surface area contributed by atoms with Gasteiger partial charge in [0.15, 0.2) is 0 Å². The zero-order valence-corrected chi connectivity index (χ0v) is 15.4. The van der Waals surface area contributed by atoms with E-state index in [4.69, 9.17) is 10.5 Å². The number of aromatic nitrogens is 2. The molecule has 2 aromatic rings. The zero-order chi connectivity index (χ0) is 17.5. The van der Waals surface area contributed by atoms with Crippen LogP contribution in [0.25, 0.3) is 0 Å². The van der Waals surface area contributed by atoms with Crippen LogP contribution in [0, 0.1) is 4.78 Å². The average molecular weight is 410 g/mol. The lowest BCUT2D eigenvalue weighted by atomic mass is 10.2. The summed E-state index contributed by atoms with van der Waals surface area (Å²) in [5, 5.41) is -0.114. The number of anilines is 2. The highest BCUT2D eigenvalue weighted by Gasteiger charge is 2.33. The lowest BCUT2D eigenvalue weighted by molar-refractivity contribution is -0.117. The Morgan fingerprint density at radius 1 is 1.33 bits per heavy atom. The van der Waals surface area contributed by atoms with Crippen molar-refractivity contribution >= 4 is 43.2 Å². The largest absolute Gasteiger partial charge is 0.383 e. The molecule has 0 unspecified atom stereocenters. The Morgan fingerprint density at radius 2 is 2.00 bits per heavy atom. The Kier molecular flexibility index (Phi) is 4.31. The van der Waals surface area contributed by atoms with Crippen LogP contribution in [0.4, 0.5) is 11.6 Å². The van der Waals surface area contributed by atoms with Gasteiger partial charge in [0.2, 0.25) is 11.1 Å². The molecular weight excluding hydrogens is 394 g/mol. The maximum Gasteiger partial charge on any atom is 0.233 e. The summed E-state index contributed by atoms with van der Waals surface area (Å²) in [7, 11) is -3.11. The lowest BCUT2D eigenvalue weighted by Crippen LogP contribution is -2.27. The number of halogens is 1. The van der Waals surface area contributed by atoms with Crippen molar-refractivity contribution in [2.24, 2.45) is 0 Å².